The van der Waals surface area contributed by atoms with Crippen LogP contribution in [0.15, 0.2) is 65.1 Å². The van der Waals surface area contributed by atoms with Crippen LogP contribution in [-0.2, 0) is 20.9 Å². The largest absolute Gasteiger partial charge is 0.497 e. The smallest absolute Gasteiger partial charge is 0.251 e. The number of furan rings is 1. The Morgan fingerprint density at radius 2 is 1.94 bits per heavy atom. The second kappa shape index (κ2) is 10.8. The van der Waals surface area contributed by atoms with E-state index in [0.29, 0.717) is 40.6 Å². The van der Waals surface area contributed by atoms with Crippen LogP contribution in [-0.4, -0.2) is 54.2 Å². The second-order valence-electron chi connectivity index (χ2n) is 7.84. The van der Waals surface area contributed by atoms with Crippen LogP contribution in [0, 0.1) is 6.92 Å². The molecule has 2 aromatic heterocycles. The Morgan fingerprint density at radius 1 is 1.11 bits per heavy atom. The maximum absolute atomic E-state index is 13.9. The molecule has 0 fully saturated rings. The number of benzene rings is 2. The van der Waals surface area contributed by atoms with Gasteiger partial charge in [0.1, 0.15) is 29.3 Å². The van der Waals surface area contributed by atoms with Crippen LogP contribution in [0.25, 0.3) is 11.0 Å². The predicted molar refractivity (Wildman–Crippen MR) is 129 cm³/mol. The lowest BCUT2D eigenvalue weighted by Crippen LogP contribution is -2.45. The molecule has 4 rings (SSSR count). The summed E-state index contributed by atoms with van der Waals surface area (Å²) in [7, 11) is 3.09. The third-order valence-electron chi connectivity index (χ3n) is 5.45. The summed E-state index contributed by atoms with van der Waals surface area (Å²) in [5.74, 6) is 0.707. The van der Waals surface area contributed by atoms with Crippen molar-refractivity contribution < 1.29 is 23.5 Å². The van der Waals surface area contributed by atoms with Gasteiger partial charge >= 0.3 is 0 Å². The van der Waals surface area contributed by atoms with Crippen molar-refractivity contribution in [2.45, 2.75) is 19.5 Å². The molecule has 1 unspecified atom stereocenters. The van der Waals surface area contributed by atoms with Crippen molar-refractivity contribution in [3.63, 3.8) is 0 Å². The van der Waals surface area contributed by atoms with E-state index in [1.807, 2.05) is 24.3 Å². The maximum atomic E-state index is 13.9. The van der Waals surface area contributed by atoms with Gasteiger partial charge in [0.25, 0.3) is 5.91 Å². The topological polar surface area (TPSA) is 112 Å². The fourth-order valence-electron chi connectivity index (χ4n) is 3.78. The van der Waals surface area contributed by atoms with Gasteiger partial charge in [-0.25, -0.2) is 4.68 Å². The van der Waals surface area contributed by atoms with Gasteiger partial charge in [-0.15, -0.1) is 5.10 Å². The molecule has 35 heavy (non-hydrogen) atoms. The van der Waals surface area contributed by atoms with Crippen LogP contribution in [0.1, 0.15) is 17.6 Å². The minimum absolute atomic E-state index is 0.140. The van der Waals surface area contributed by atoms with Crippen molar-refractivity contribution in [3.05, 3.63) is 72.2 Å². The van der Waals surface area contributed by atoms with Crippen molar-refractivity contribution in [2.75, 3.05) is 32.3 Å². The normalized spacial score (nSPS) is 11.9. The van der Waals surface area contributed by atoms with Crippen LogP contribution in [0.3, 0.4) is 0 Å². The van der Waals surface area contributed by atoms with Gasteiger partial charge in [0, 0.05) is 25.4 Å². The molecule has 0 radical (unpaired) electrons. The number of ether oxygens (including phenoxy) is 2. The Bertz CT molecular complexity index is 1310. The van der Waals surface area contributed by atoms with E-state index >= 15 is 0 Å². The fourth-order valence-corrected chi connectivity index (χ4v) is 3.78. The highest BCUT2D eigenvalue weighted by Crippen LogP contribution is 2.32. The van der Waals surface area contributed by atoms with Gasteiger partial charge in [0.2, 0.25) is 5.91 Å². The summed E-state index contributed by atoms with van der Waals surface area (Å²) in [6.45, 7) is 2.25. The Balaban J connectivity index is 1.77. The first-order valence-corrected chi connectivity index (χ1v) is 11.1. The molecule has 1 atom stereocenters. The Morgan fingerprint density at radius 3 is 2.69 bits per heavy atom. The van der Waals surface area contributed by atoms with E-state index in [1.54, 1.807) is 50.4 Å². The maximum Gasteiger partial charge on any atom is 0.251 e. The average Bonchev–Trinajstić information content (AvgIpc) is 3.48. The zero-order valence-corrected chi connectivity index (χ0v) is 19.8. The summed E-state index contributed by atoms with van der Waals surface area (Å²) in [5, 5.41) is 11.1. The van der Waals surface area contributed by atoms with Crippen LogP contribution >= 0.6 is 0 Å². The van der Waals surface area contributed by atoms with Crippen molar-refractivity contribution in [1.29, 1.82) is 0 Å². The lowest BCUT2D eigenvalue weighted by molar-refractivity contribution is -0.127. The number of aryl methyl sites for hydroxylation is 1. The van der Waals surface area contributed by atoms with Gasteiger partial charge in [-0.05, 0) is 43.3 Å². The molecular weight excluding hydrogens is 450 g/mol. The van der Waals surface area contributed by atoms with E-state index in [2.05, 4.69) is 15.6 Å². The number of anilines is 1. The summed E-state index contributed by atoms with van der Waals surface area (Å²) in [4.78, 5) is 28.7. The van der Waals surface area contributed by atoms with Crippen LogP contribution in [0.5, 0.6) is 5.75 Å². The van der Waals surface area contributed by atoms with Gasteiger partial charge in [-0.3, -0.25) is 14.5 Å². The molecule has 0 spiro atoms. The molecule has 2 amide bonds. The zero-order valence-electron chi connectivity index (χ0n) is 19.8. The number of rotatable bonds is 10. The predicted octanol–water partition coefficient (Wildman–Crippen LogP) is 2.88. The molecule has 0 aliphatic rings. The number of para-hydroxylation sites is 1. The first kappa shape index (κ1) is 24.0. The molecule has 2 heterocycles. The molecule has 0 aliphatic carbocycles. The Labute approximate surface area is 202 Å². The summed E-state index contributed by atoms with van der Waals surface area (Å²) >= 11 is 0. The highest BCUT2D eigenvalue weighted by Gasteiger charge is 2.35. The molecule has 0 bridgehead atoms. The lowest BCUT2D eigenvalue weighted by Gasteiger charge is -2.30. The molecule has 4 aromatic rings. The molecule has 0 saturated carbocycles. The SMILES string of the molecule is COCCNC(=O)C(c1ccc(C)o1)N(C(=O)Cn1nnc2ccccc21)c1cccc(OC)c1. The van der Waals surface area contributed by atoms with Crippen LogP contribution < -0.4 is 15.0 Å². The van der Waals surface area contributed by atoms with Crippen LogP contribution in [0.2, 0.25) is 0 Å². The zero-order chi connectivity index (χ0) is 24.8. The van der Waals surface area contributed by atoms with Gasteiger partial charge in [0.05, 0.1) is 19.2 Å². The standard InChI is InChI=1S/C25H27N5O5/c1-17-11-12-22(35-17)24(25(32)26-13-14-33-2)30(18-7-6-8-19(15-18)34-3)23(31)16-29-21-10-5-4-9-20(21)27-28-29/h4-12,15,24H,13-14,16H2,1-3H3,(H,26,32). The summed E-state index contributed by atoms with van der Waals surface area (Å²) in [5.41, 5.74) is 1.85. The third kappa shape index (κ3) is 5.33. The van der Waals surface area contributed by atoms with E-state index in [-0.39, 0.29) is 19.0 Å². The summed E-state index contributed by atoms with van der Waals surface area (Å²) in [6.07, 6.45) is 0. The van der Waals surface area contributed by atoms with Crippen molar-refractivity contribution >= 4 is 28.5 Å². The summed E-state index contributed by atoms with van der Waals surface area (Å²) in [6, 6.07) is 16.7. The van der Waals surface area contributed by atoms with E-state index in [1.165, 1.54) is 16.7 Å². The molecule has 2 aromatic carbocycles. The van der Waals surface area contributed by atoms with Gasteiger partial charge in [-0.2, -0.15) is 0 Å². The van der Waals surface area contributed by atoms with E-state index in [0.717, 1.165) is 0 Å². The molecule has 10 nitrogen and oxygen atoms in total. The van der Waals surface area contributed by atoms with Gasteiger partial charge < -0.3 is 19.2 Å². The summed E-state index contributed by atoms with van der Waals surface area (Å²) < 4.78 is 17.8. The molecule has 0 saturated heterocycles. The number of methoxy groups -OCH3 is 2. The third-order valence-corrected chi connectivity index (χ3v) is 5.45. The van der Waals surface area contributed by atoms with Crippen molar-refractivity contribution in [2.24, 2.45) is 0 Å². The van der Waals surface area contributed by atoms with E-state index < -0.39 is 11.9 Å². The number of hydrogen-bond acceptors (Lipinski definition) is 7. The number of hydrogen-bond donors (Lipinski definition) is 1. The van der Waals surface area contributed by atoms with Crippen molar-refractivity contribution in [3.8, 4) is 5.75 Å². The molecular formula is C25H27N5O5. The Hall–Kier alpha value is -4.18. The monoisotopic (exact) mass is 477 g/mol. The first-order chi connectivity index (χ1) is 17.0. The second-order valence-corrected chi connectivity index (χ2v) is 7.84. The highest BCUT2D eigenvalue weighted by molar-refractivity contribution is 6.01. The van der Waals surface area contributed by atoms with E-state index in [9.17, 15) is 9.59 Å². The Kier molecular flexibility index (Phi) is 7.41. The van der Waals surface area contributed by atoms with Gasteiger partial charge in [0.15, 0.2) is 6.04 Å². The minimum atomic E-state index is -1.07. The minimum Gasteiger partial charge on any atom is -0.497 e. The molecule has 10 heteroatoms. The number of carbonyl (C=O) groups is 2. The molecule has 182 valence electrons. The number of amides is 2. The number of aromatic nitrogens is 3. The lowest BCUT2D eigenvalue weighted by atomic mass is 10.1. The number of fused-ring (bicyclic) bond motifs is 1. The van der Waals surface area contributed by atoms with Crippen LogP contribution in [0.4, 0.5) is 5.69 Å². The molecule has 1 N–H and O–H groups in total. The number of nitrogens with one attached hydrogen (secondary N) is 1. The van der Waals surface area contributed by atoms with Crippen molar-refractivity contribution in [1.82, 2.24) is 20.3 Å². The fraction of sp³-hybridized carbons (Fsp3) is 0.280. The number of nitrogens with zero attached hydrogens (tertiary/aromatic N) is 4. The first-order valence-electron chi connectivity index (χ1n) is 11.1. The average molecular weight is 478 g/mol. The quantitative estimate of drug-likeness (QED) is 0.350. The number of carbonyl (C=O) groups excluding carboxylic acids is 2. The highest BCUT2D eigenvalue weighted by atomic mass is 16.5. The van der Waals surface area contributed by atoms with Gasteiger partial charge in [-0.1, -0.05) is 23.4 Å². The molecule has 0 aliphatic heterocycles. The van der Waals surface area contributed by atoms with E-state index in [4.69, 9.17) is 13.9 Å².